The van der Waals surface area contributed by atoms with E-state index in [4.69, 9.17) is 9.47 Å². The van der Waals surface area contributed by atoms with E-state index in [1.165, 1.54) is 5.56 Å². The van der Waals surface area contributed by atoms with Crippen LogP contribution < -0.4 is 14.8 Å². The SMILES string of the molecule is CNC(C)(C)Cc1ccc(OC)c(C)c1OC. The Labute approximate surface area is 104 Å². The van der Waals surface area contributed by atoms with Gasteiger partial charge in [-0.05, 0) is 45.9 Å². The van der Waals surface area contributed by atoms with Crippen LogP contribution in [0.3, 0.4) is 0 Å². The van der Waals surface area contributed by atoms with Crippen LogP contribution in [0, 0.1) is 6.92 Å². The fourth-order valence-electron chi connectivity index (χ4n) is 1.94. The van der Waals surface area contributed by atoms with Crippen molar-refractivity contribution < 1.29 is 9.47 Å². The molecule has 0 bridgehead atoms. The summed E-state index contributed by atoms with van der Waals surface area (Å²) in [5.41, 5.74) is 2.30. The lowest BCUT2D eigenvalue weighted by molar-refractivity contribution is 0.373. The molecule has 0 aliphatic carbocycles. The number of hydrogen-bond acceptors (Lipinski definition) is 3. The highest BCUT2D eigenvalue weighted by atomic mass is 16.5. The van der Waals surface area contributed by atoms with Gasteiger partial charge in [-0.1, -0.05) is 6.07 Å². The summed E-state index contributed by atoms with van der Waals surface area (Å²) in [5, 5.41) is 3.30. The molecular weight excluding hydrogens is 214 g/mol. The quantitative estimate of drug-likeness (QED) is 0.853. The maximum atomic E-state index is 5.50. The minimum absolute atomic E-state index is 0.0499. The molecule has 1 aromatic rings. The lowest BCUT2D eigenvalue weighted by Crippen LogP contribution is -2.38. The van der Waals surface area contributed by atoms with Crippen molar-refractivity contribution in [3.8, 4) is 11.5 Å². The third kappa shape index (κ3) is 3.13. The van der Waals surface area contributed by atoms with Crippen LogP contribution in [0.2, 0.25) is 0 Å². The molecule has 0 saturated carbocycles. The van der Waals surface area contributed by atoms with Crippen molar-refractivity contribution in [2.24, 2.45) is 0 Å². The van der Waals surface area contributed by atoms with Crippen LogP contribution in [-0.2, 0) is 6.42 Å². The lowest BCUT2D eigenvalue weighted by Gasteiger charge is -2.25. The van der Waals surface area contributed by atoms with Crippen molar-refractivity contribution in [2.75, 3.05) is 21.3 Å². The van der Waals surface area contributed by atoms with Gasteiger partial charge in [0.05, 0.1) is 14.2 Å². The van der Waals surface area contributed by atoms with Gasteiger partial charge in [0, 0.05) is 11.1 Å². The summed E-state index contributed by atoms with van der Waals surface area (Å²) in [6.07, 6.45) is 0.914. The Balaban J connectivity index is 3.13. The molecule has 0 amide bonds. The topological polar surface area (TPSA) is 30.5 Å². The second-order valence-corrected chi connectivity index (χ2v) is 4.90. The highest BCUT2D eigenvalue weighted by Gasteiger charge is 2.20. The Kier molecular flexibility index (Phi) is 4.40. The van der Waals surface area contributed by atoms with Crippen LogP contribution in [0.5, 0.6) is 11.5 Å². The monoisotopic (exact) mass is 237 g/mol. The molecule has 1 rings (SSSR count). The van der Waals surface area contributed by atoms with E-state index >= 15 is 0 Å². The van der Waals surface area contributed by atoms with Gasteiger partial charge in [-0.15, -0.1) is 0 Å². The maximum Gasteiger partial charge on any atom is 0.128 e. The third-order valence-corrected chi connectivity index (χ3v) is 3.17. The van der Waals surface area contributed by atoms with Crippen molar-refractivity contribution in [2.45, 2.75) is 32.7 Å². The van der Waals surface area contributed by atoms with E-state index < -0.39 is 0 Å². The third-order valence-electron chi connectivity index (χ3n) is 3.17. The van der Waals surface area contributed by atoms with Crippen LogP contribution in [0.1, 0.15) is 25.0 Å². The van der Waals surface area contributed by atoms with E-state index in [2.05, 4.69) is 25.2 Å². The van der Waals surface area contributed by atoms with Crippen LogP contribution in [0.15, 0.2) is 12.1 Å². The summed E-state index contributed by atoms with van der Waals surface area (Å²) < 4.78 is 10.8. The van der Waals surface area contributed by atoms with Crippen LogP contribution in [-0.4, -0.2) is 26.8 Å². The van der Waals surface area contributed by atoms with E-state index in [9.17, 15) is 0 Å². The standard InChI is InChI=1S/C14H23NO2/c1-10-12(16-5)8-7-11(13(10)17-6)9-14(2,3)15-4/h7-8,15H,9H2,1-6H3. The molecule has 0 radical (unpaired) electrons. The molecule has 0 aliphatic heterocycles. The zero-order valence-electron chi connectivity index (χ0n) is 11.7. The molecule has 1 aromatic carbocycles. The Bertz CT molecular complexity index is 386. The Hall–Kier alpha value is -1.22. The van der Waals surface area contributed by atoms with Gasteiger partial charge >= 0.3 is 0 Å². The maximum absolute atomic E-state index is 5.50. The zero-order valence-corrected chi connectivity index (χ0v) is 11.7. The molecule has 0 fully saturated rings. The van der Waals surface area contributed by atoms with Crippen molar-refractivity contribution in [3.05, 3.63) is 23.3 Å². The summed E-state index contributed by atoms with van der Waals surface area (Å²) in [6.45, 7) is 6.37. The number of benzene rings is 1. The van der Waals surface area contributed by atoms with Gasteiger partial charge in [0.2, 0.25) is 0 Å². The van der Waals surface area contributed by atoms with Gasteiger partial charge in [0.25, 0.3) is 0 Å². The van der Waals surface area contributed by atoms with Gasteiger partial charge in [-0.3, -0.25) is 0 Å². The first kappa shape index (κ1) is 13.8. The fraction of sp³-hybridized carbons (Fsp3) is 0.571. The molecular formula is C14H23NO2. The first-order chi connectivity index (χ1) is 7.95. The van der Waals surface area contributed by atoms with Crippen LogP contribution in [0.25, 0.3) is 0 Å². The Morgan fingerprint density at radius 2 is 1.82 bits per heavy atom. The number of rotatable bonds is 5. The molecule has 0 spiro atoms. The van der Waals surface area contributed by atoms with E-state index in [1.54, 1.807) is 14.2 Å². The van der Waals surface area contributed by atoms with Crippen LogP contribution in [0.4, 0.5) is 0 Å². The van der Waals surface area contributed by atoms with Gasteiger partial charge in [-0.25, -0.2) is 0 Å². The minimum Gasteiger partial charge on any atom is -0.496 e. The molecule has 0 saturated heterocycles. The summed E-state index contributed by atoms with van der Waals surface area (Å²) in [4.78, 5) is 0. The normalized spacial score (nSPS) is 11.4. The first-order valence-electron chi connectivity index (χ1n) is 5.84. The average molecular weight is 237 g/mol. The van der Waals surface area contributed by atoms with Gasteiger partial charge in [0.15, 0.2) is 0 Å². The molecule has 96 valence electrons. The molecule has 3 nitrogen and oxygen atoms in total. The Morgan fingerprint density at radius 1 is 1.18 bits per heavy atom. The molecule has 0 unspecified atom stereocenters. The fourth-order valence-corrected chi connectivity index (χ4v) is 1.94. The van der Waals surface area contributed by atoms with E-state index in [-0.39, 0.29) is 5.54 Å². The predicted octanol–water partition coefficient (Wildman–Crippen LogP) is 2.55. The van der Waals surface area contributed by atoms with E-state index in [0.29, 0.717) is 0 Å². The minimum atomic E-state index is 0.0499. The van der Waals surface area contributed by atoms with Crippen LogP contribution >= 0.6 is 0 Å². The Morgan fingerprint density at radius 3 is 2.29 bits per heavy atom. The van der Waals surface area contributed by atoms with Gasteiger partial charge in [0.1, 0.15) is 11.5 Å². The van der Waals surface area contributed by atoms with E-state index in [0.717, 1.165) is 23.5 Å². The number of methoxy groups -OCH3 is 2. The molecule has 17 heavy (non-hydrogen) atoms. The average Bonchev–Trinajstić information content (AvgIpc) is 2.29. The van der Waals surface area contributed by atoms with Crippen molar-refractivity contribution >= 4 is 0 Å². The lowest BCUT2D eigenvalue weighted by atomic mass is 9.93. The first-order valence-corrected chi connectivity index (χ1v) is 5.84. The largest absolute Gasteiger partial charge is 0.496 e. The second-order valence-electron chi connectivity index (χ2n) is 4.90. The molecule has 0 aromatic heterocycles. The molecule has 0 aliphatic rings. The number of ether oxygens (including phenoxy) is 2. The van der Waals surface area contributed by atoms with E-state index in [1.807, 2.05) is 20.0 Å². The molecule has 1 N–H and O–H groups in total. The summed E-state index contributed by atoms with van der Waals surface area (Å²) in [7, 11) is 5.36. The number of likely N-dealkylation sites (N-methyl/N-ethyl adjacent to an activating group) is 1. The second kappa shape index (κ2) is 5.41. The molecule has 0 heterocycles. The van der Waals surface area contributed by atoms with Crippen molar-refractivity contribution in [1.29, 1.82) is 0 Å². The summed E-state index contributed by atoms with van der Waals surface area (Å²) in [6, 6.07) is 4.07. The summed E-state index contributed by atoms with van der Waals surface area (Å²) in [5.74, 6) is 1.79. The zero-order chi connectivity index (χ0) is 13.1. The van der Waals surface area contributed by atoms with Gasteiger partial charge < -0.3 is 14.8 Å². The predicted molar refractivity (Wildman–Crippen MR) is 71.1 cm³/mol. The highest BCUT2D eigenvalue weighted by molar-refractivity contribution is 5.49. The van der Waals surface area contributed by atoms with Crippen molar-refractivity contribution in [1.82, 2.24) is 5.32 Å². The van der Waals surface area contributed by atoms with Gasteiger partial charge in [-0.2, -0.15) is 0 Å². The van der Waals surface area contributed by atoms with Crippen molar-refractivity contribution in [3.63, 3.8) is 0 Å². The highest BCUT2D eigenvalue weighted by Crippen LogP contribution is 2.33. The molecule has 0 atom stereocenters. The number of nitrogens with one attached hydrogen (secondary N) is 1. The number of hydrogen-bond donors (Lipinski definition) is 1. The smallest absolute Gasteiger partial charge is 0.128 e. The molecule has 3 heteroatoms. The summed E-state index contributed by atoms with van der Waals surface area (Å²) >= 11 is 0.